The van der Waals surface area contributed by atoms with Crippen molar-refractivity contribution in [2.75, 3.05) is 53.0 Å². The summed E-state index contributed by atoms with van der Waals surface area (Å²) in [6, 6.07) is 31.5. The van der Waals surface area contributed by atoms with Crippen molar-refractivity contribution >= 4 is 20.0 Å². The summed E-state index contributed by atoms with van der Waals surface area (Å²) in [5.74, 6) is 2.70. The fraction of sp³-hybridized carbons (Fsp3) is 0.375. The number of hydrogen-bond donors (Lipinski definition) is 2. The van der Waals surface area contributed by atoms with E-state index in [1.165, 1.54) is 8.61 Å². The lowest BCUT2D eigenvalue weighted by molar-refractivity contribution is 0.395. The van der Waals surface area contributed by atoms with Gasteiger partial charge in [0.2, 0.25) is 20.0 Å². The Kier molecular flexibility index (Phi) is 17.4. The molecule has 0 heterocycles. The highest BCUT2D eigenvalue weighted by atomic mass is 32.2. The predicted octanol–water partition coefficient (Wildman–Crippen LogP) is 4.92. The van der Waals surface area contributed by atoms with Gasteiger partial charge in [-0.05, 0) is 84.6 Å². The maximum Gasteiger partial charge on any atom is 0.215 e. The van der Waals surface area contributed by atoms with Gasteiger partial charge in [0.1, 0.15) is 28.5 Å². The quantitative estimate of drug-likeness (QED) is 0.124. The van der Waals surface area contributed by atoms with Crippen LogP contribution in [-0.2, 0) is 46.2 Å². The summed E-state index contributed by atoms with van der Waals surface area (Å²) in [7, 11) is -0.671. The van der Waals surface area contributed by atoms with Crippen LogP contribution in [0, 0.1) is 11.3 Å². The normalized spacial score (nSPS) is 11.7. The number of nitrogens with two attached hydrogens (primary N) is 1. The first-order valence-corrected chi connectivity index (χ1v) is 20.7. The average molecular weight is 796 g/mol. The predicted molar refractivity (Wildman–Crippen MR) is 215 cm³/mol. The van der Waals surface area contributed by atoms with Gasteiger partial charge in [-0.15, -0.1) is 0 Å². The van der Waals surface area contributed by atoms with Crippen LogP contribution < -0.4 is 30.0 Å². The fourth-order valence-electron chi connectivity index (χ4n) is 5.18. The zero-order chi connectivity index (χ0) is 40.5. The molecule has 0 aromatic heterocycles. The molecule has 0 aliphatic heterocycles. The number of rotatable bonds is 20. The molecule has 0 aliphatic carbocycles. The zero-order valence-corrected chi connectivity index (χ0v) is 34.0. The van der Waals surface area contributed by atoms with Crippen molar-refractivity contribution < 1.29 is 35.8 Å². The number of nitrogens with one attached hydrogen (secondary N) is 1. The van der Waals surface area contributed by atoms with Gasteiger partial charge in [0.15, 0.2) is 0 Å². The lowest BCUT2D eigenvalue weighted by Crippen LogP contribution is -2.42. The van der Waals surface area contributed by atoms with E-state index in [-0.39, 0.29) is 50.8 Å². The average Bonchev–Trinajstić information content (AvgIpc) is 3.18. The molecule has 55 heavy (non-hydrogen) atoms. The first-order chi connectivity index (χ1) is 26.2. The molecule has 0 bridgehead atoms. The van der Waals surface area contributed by atoms with Crippen molar-refractivity contribution in [2.24, 2.45) is 5.73 Å². The van der Waals surface area contributed by atoms with E-state index in [0.717, 1.165) is 33.8 Å². The van der Waals surface area contributed by atoms with Crippen molar-refractivity contribution in [2.45, 2.75) is 45.6 Å². The van der Waals surface area contributed by atoms with E-state index in [1.807, 2.05) is 97.1 Å². The van der Waals surface area contributed by atoms with Crippen LogP contribution in [0.15, 0.2) is 97.1 Å². The number of sulfonamides is 2. The second-order valence-corrected chi connectivity index (χ2v) is 17.2. The van der Waals surface area contributed by atoms with Gasteiger partial charge in [-0.1, -0.05) is 48.5 Å². The van der Waals surface area contributed by atoms with Gasteiger partial charge < -0.3 is 24.7 Å². The molecule has 0 amide bonds. The summed E-state index contributed by atoms with van der Waals surface area (Å²) in [5.41, 5.74) is 8.18. The largest absolute Gasteiger partial charge is 0.497 e. The summed E-state index contributed by atoms with van der Waals surface area (Å²) in [5, 5.41) is 12.1. The molecule has 0 spiro atoms. The molecule has 4 rings (SSSR count). The van der Waals surface area contributed by atoms with Gasteiger partial charge >= 0.3 is 0 Å². The minimum atomic E-state index is -3.58. The fourth-order valence-corrected chi connectivity index (χ4v) is 7.74. The first-order valence-electron chi connectivity index (χ1n) is 17.5. The lowest BCUT2D eigenvalue weighted by Gasteiger charge is -2.24. The van der Waals surface area contributed by atoms with E-state index in [0.29, 0.717) is 11.5 Å². The smallest absolute Gasteiger partial charge is 0.215 e. The molecule has 0 aliphatic rings. The Bertz CT molecular complexity index is 1900. The van der Waals surface area contributed by atoms with Crippen LogP contribution in [0.5, 0.6) is 23.0 Å². The Hall–Kier alpha value is -4.69. The molecule has 13 nitrogen and oxygen atoms in total. The van der Waals surface area contributed by atoms with Crippen LogP contribution in [0.3, 0.4) is 0 Å². The summed E-state index contributed by atoms with van der Waals surface area (Å²) in [6.07, 6.45) is 0. The van der Waals surface area contributed by atoms with Gasteiger partial charge in [-0.25, -0.2) is 16.8 Å². The monoisotopic (exact) mass is 795 g/mol. The Labute approximate surface area is 326 Å². The van der Waals surface area contributed by atoms with Crippen LogP contribution >= 0.6 is 0 Å². The maximum absolute atomic E-state index is 13.1. The van der Waals surface area contributed by atoms with Crippen molar-refractivity contribution in [3.05, 3.63) is 119 Å². The first kappa shape index (κ1) is 44.7. The van der Waals surface area contributed by atoms with Gasteiger partial charge in [-0.2, -0.15) is 13.9 Å². The third kappa shape index (κ3) is 14.8. The van der Waals surface area contributed by atoms with Crippen molar-refractivity contribution in [3.63, 3.8) is 0 Å². The van der Waals surface area contributed by atoms with E-state index < -0.39 is 25.6 Å². The van der Waals surface area contributed by atoms with E-state index in [9.17, 15) is 16.8 Å². The Morgan fingerprint density at radius 3 is 1.07 bits per heavy atom. The number of ether oxygens (including phenoxy) is 4. The SMILES string of the molecule is COc1ccc(CN(Cc2ccc(OC)cc2)S(=O)(=O)CCN)cc1.COc1ccc(CN(Cc2ccc(OC)cc2)S(=O)(=O)CCNC(C)(C)C#N)cc1. The molecule has 0 fully saturated rings. The second kappa shape index (κ2) is 21.4. The highest BCUT2D eigenvalue weighted by Crippen LogP contribution is 2.21. The van der Waals surface area contributed by atoms with Crippen LogP contribution in [0.1, 0.15) is 36.1 Å². The molecule has 4 aromatic carbocycles. The molecule has 0 unspecified atom stereocenters. The van der Waals surface area contributed by atoms with Crippen LogP contribution in [-0.4, -0.2) is 84.0 Å². The minimum Gasteiger partial charge on any atom is -0.497 e. The summed E-state index contributed by atoms with van der Waals surface area (Å²) in [6.45, 7) is 4.73. The molecule has 298 valence electrons. The second-order valence-electron chi connectivity index (χ2n) is 13.0. The topological polar surface area (TPSA) is 174 Å². The molecular weight excluding hydrogens is 743 g/mol. The molecule has 15 heteroatoms. The van der Waals surface area contributed by atoms with E-state index in [2.05, 4.69) is 11.4 Å². The standard InChI is InChI=1S/C22H29N3O4S.C18H24N2O4S/c1-22(2,17-23)24-13-14-30(26,27)25(15-18-5-9-20(28-3)10-6-18)16-19-7-11-21(29-4)12-8-19;1-23-17-7-3-15(4-8-17)13-20(25(21,22)12-11-19)14-16-5-9-18(24-2)10-6-16/h5-12,24H,13-16H2,1-4H3;3-10H,11-14,19H2,1-2H3. The number of methoxy groups -OCH3 is 4. The number of benzene rings is 4. The summed E-state index contributed by atoms with van der Waals surface area (Å²) >= 11 is 0. The molecule has 0 saturated carbocycles. The summed E-state index contributed by atoms with van der Waals surface area (Å²) < 4.78 is 74.9. The Morgan fingerprint density at radius 1 is 0.564 bits per heavy atom. The van der Waals surface area contributed by atoms with Gasteiger partial charge in [-0.3, -0.25) is 5.32 Å². The zero-order valence-electron chi connectivity index (χ0n) is 32.4. The third-order valence-electron chi connectivity index (χ3n) is 8.44. The highest BCUT2D eigenvalue weighted by Gasteiger charge is 2.25. The third-order valence-corrected chi connectivity index (χ3v) is 12.0. The van der Waals surface area contributed by atoms with Gasteiger partial charge in [0.05, 0.1) is 46.0 Å². The van der Waals surface area contributed by atoms with E-state index in [4.69, 9.17) is 29.9 Å². The molecule has 4 aromatic rings. The van der Waals surface area contributed by atoms with Crippen molar-refractivity contribution in [3.8, 4) is 29.1 Å². The molecule has 0 radical (unpaired) electrons. The molecular formula is C40H53N5O8S2. The lowest BCUT2D eigenvalue weighted by atomic mass is 10.1. The van der Waals surface area contributed by atoms with Gasteiger partial charge in [0.25, 0.3) is 0 Å². The molecule has 0 saturated heterocycles. The van der Waals surface area contributed by atoms with Crippen LogP contribution in [0.4, 0.5) is 0 Å². The molecule has 0 atom stereocenters. The Balaban J connectivity index is 0.000000300. The number of nitriles is 1. The number of nitrogens with zero attached hydrogens (tertiary/aromatic N) is 3. The van der Waals surface area contributed by atoms with E-state index >= 15 is 0 Å². The van der Waals surface area contributed by atoms with Gasteiger partial charge in [0, 0.05) is 39.3 Å². The van der Waals surface area contributed by atoms with E-state index in [1.54, 1.807) is 42.3 Å². The minimum absolute atomic E-state index is 0.0840. The van der Waals surface area contributed by atoms with Crippen LogP contribution in [0.2, 0.25) is 0 Å². The summed E-state index contributed by atoms with van der Waals surface area (Å²) in [4.78, 5) is 0. The van der Waals surface area contributed by atoms with Crippen molar-refractivity contribution in [1.82, 2.24) is 13.9 Å². The maximum atomic E-state index is 13.1. The molecule has 3 N–H and O–H groups in total. The van der Waals surface area contributed by atoms with Crippen LogP contribution in [0.25, 0.3) is 0 Å². The number of hydrogen-bond acceptors (Lipinski definition) is 11. The Morgan fingerprint density at radius 2 is 0.836 bits per heavy atom. The highest BCUT2D eigenvalue weighted by molar-refractivity contribution is 7.89. The van der Waals surface area contributed by atoms with Crippen molar-refractivity contribution in [1.29, 1.82) is 5.26 Å².